The highest BCUT2D eigenvalue weighted by molar-refractivity contribution is 5.23. The molecular formula is C15H22N2O2. The number of fused-ring (bicyclic) bond motifs is 1. The van der Waals surface area contributed by atoms with E-state index in [1.807, 2.05) is 26.0 Å². The molecular weight excluding hydrogens is 240 g/mol. The number of aromatic nitrogens is 1. The van der Waals surface area contributed by atoms with Crippen LogP contribution in [-0.4, -0.2) is 41.7 Å². The Balaban J connectivity index is 1.50. The molecule has 1 saturated carbocycles. The van der Waals surface area contributed by atoms with E-state index >= 15 is 0 Å². The number of likely N-dealkylation sites (tertiary alicyclic amines) is 1. The van der Waals surface area contributed by atoms with Crippen molar-refractivity contribution in [3.8, 4) is 11.6 Å². The molecule has 2 heterocycles. The van der Waals surface area contributed by atoms with Gasteiger partial charge in [-0.3, -0.25) is 4.90 Å². The largest absolute Gasteiger partial charge is 0.490 e. The Bertz CT molecular complexity index is 432. The van der Waals surface area contributed by atoms with Crippen molar-refractivity contribution in [3.05, 3.63) is 18.3 Å². The van der Waals surface area contributed by atoms with Crippen LogP contribution in [0.4, 0.5) is 0 Å². The zero-order valence-electron chi connectivity index (χ0n) is 11.9. The van der Waals surface area contributed by atoms with Crippen LogP contribution < -0.4 is 9.47 Å². The third-order valence-electron chi connectivity index (χ3n) is 4.07. The van der Waals surface area contributed by atoms with Crippen LogP contribution in [0.25, 0.3) is 0 Å². The summed E-state index contributed by atoms with van der Waals surface area (Å²) in [4.78, 5) is 6.71. The van der Waals surface area contributed by atoms with Crippen molar-refractivity contribution in [1.29, 1.82) is 0 Å². The molecule has 0 aromatic carbocycles. The van der Waals surface area contributed by atoms with Crippen molar-refractivity contribution in [2.24, 2.45) is 5.92 Å². The molecule has 0 bridgehead atoms. The van der Waals surface area contributed by atoms with E-state index < -0.39 is 0 Å². The number of nitrogens with zero attached hydrogens (tertiary/aromatic N) is 2. The first-order valence-electron chi connectivity index (χ1n) is 7.11. The second kappa shape index (κ2) is 5.00. The number of ether oxygens (including phenoxy) is 2. The maximum Gasteiger partial charge on any atom is 0.213 e. The van der Waals surface area contributed by atoms with Crippen molar-refractivity contribution in [2.75, 3.05) is 13.7 Å². The quantitative estimate of drug-likeness (QED) is 0.816. The topological polar surface area (TPSA) is 34.6 Å². The molecule has 2 aliphatic rings. The number of hydrogen-bond donors (Lipinski definition) is 0. The normalized spacial score (nSPS) is 29.4. The monoisotopic (exact) mass is 262 g/mol. The Kier molecular flexibility index (Phi) is 3.35. The fourth-order valence-electron chi connectivity index (χ4n) is 2.91. The Morgan fingerprint density at radius 1 is 1.37 bits per heavy atom. The van der Waals surface area contributed by atoms with Gasteiger partial charge in [0.2, 0.25) is 5.88 Å². The van der Waals surface area contributed by atoms with Gasteiger partial charge in [0.15, 0.2) is 0 Å². The summed E-state index contributed by atoms with van der Waals surface area (Å²) in [6, 6.07) is 5.19. The van der Waals surface area contributed by atoms with Crippen LogP contribution in [0.15, 0.2) is 18.3 Å². The first-order chi connectivity index (χ1) is 9.13. The molecule has 3 atom stereocenters. The second-order valence-electron chi connectivity index (χ2n) is 5.93. The van der Waals surface area contributed by atoms with Crippen LogP contribution in [0, 0.1) is 5.92 Å². The molecule has 0 spiro atoms. The number of rotatable bonds is 5. The van der Waals surface area contributed by atoms with Gasteiger partial charge in [-0.15, -0.1) is 0 Å². The van der Waals surface area contributed by atoms with Gasteiger partial charge in [0.25, 0.3) is 0 Å². The summed E-state index contributed by atoms with van der Waals surface area (Å²) < 4.78 is 11.3. The van der Waals surface area contributed by atoms with E-state index in [2.05, 4.69) is 16.9 Å². The van der Waals surface area contributed by atoms with E-state index in [-0.39, 0.29) is 6.10 Å². The minimum atomic E-state index is 0.151. The predicted octanol–water partition coefficient (Wildman–Crippen LogP) is 2.34. The molecule has 0 radical (unpaired) electrons. The molecule has 1 aliphatic heterocycles. The van der Waals surface area contributed by atoms with Crippen LogP contribution in [0.5, 0.6) is 11.6 Å². The van der Waals surface area contributed by atoms with Gasteiger partial charge >= 0.3 is 0 Å². The second-order valence-corrected chi connectivity index (χ2v) is 5.93. The average molecular weight is 262 g/mol. The van der Waals surface area contributed by atoms with Gasteiger partial charge in [0.05, 0.1) is 12.3 Å². The number of likely N-dealkylation sites (N-methyl/N-ethyl adjacent to an activating group) is 1. The van der Waals surface area contributed by atoms with E-state index in [1.165, 1.54) is 12.8 Å². The lowest BCUT2D eigenvalue weighted by Crippen LogP contribution is -2.33. The third kappa shape index (κ3) is 2.84. The van der Waals surface area contributed by atoms with Gasteiger partial charge in [-0.1, -0.05) is 0 Å². The molecule has 104 valence electrons. The van der Waals surface area contributed by atoms with Crippen molar-refractivity contribution in [3.63, 3.8) is 0 Å². The zero-order valence-corrected chi connectivity index (χ0v) is 11.9. The van der Waals surface area contributed by atoms with Gasteiger partial charge in [0, 0.05) is 18.2 Å². The first kappa shape index (κ1) is 12.7. The number of piperidine rings is 1. The van der Waals surface area contributed by atoms with E-state index in [0.29, 0.717) is 11.9 Å². The molecule has 3 unspecified atom stereocenters. The SMILES string of the molecule is CC(C)Oc1ccc(OCC2CC3CC3N2C)cn1. The summed E-state index contributed by atoms with van der Waals surface area (Å²) in [5.74, 6) is 2.41. The van der Waals surface area contributed by atoms with Crippen LogP contribution >= 0.6 is 0 Å². The Morgan fingerprint density at radius 3 is 2.79 bits per heavy atom. The molecule has 4 nitrogen and oxygen atoms in total. The highest BCUT2D eigenvalue weighted by Gasteiger charge is 2.50. The third-order valence-corrected chi connectivity index (χ3v) is 4.07. The Hall–Kier alpha value is -1.29. The molecule has 0 N–H and O–H groups in total. The Morgan fingerprint density at radius 2 is 2.21 bits per heavy atom. The van der Waals surface area contributed by atoms with E-state index in [9.17, 15) is 0 Å². The van der Waals surface area contributed by atoms with Crippen molar-refractivity contribution >= 4 is 0 Å². The van der Waals surface area contributed by atoms with Gasteiger partial charge in [-0.25, -0.2) is 4.98 Å². The van der Waals surface area contributed by atoms with Crippen molar-refractivity contribution in [2.45, 2.75) is 44.9 Å². The summed E-state index contributed by atoms with van der Waals surface area (Å²) in [5.41, 5.74) is 0. The molecule has 3 rings (SSSR count). The zero-order chi connectivity index (χ0) is 13.4. The predicted molar refractivity (Wildman–Crippen MR) is 73.6 cm³/mol. The van der Waals surface area contributed by atoms with Crippen LogP contribution in [0.3, 0.4) is 0 Å². The summed E-state index contributed by atoms with van der Waals surface area (Å²) >= 11 is 0. The Labute approximate surface area is 114 Å². The van der Waals surface area contributed by atoms with Crippen molar-refractivity contribution < 1.29 is 9.47 Å². The molecule has 1 aromatic heterocycles. The summed E-state index contributed by atoms with van der Waals surface area (Å²) in [5, 5.41) is 0. The number of hydrogen-bond acceptors (Lipinski definition) is 4. The summed E-state index contributed by atoms with van der Waals surface area (Å²) in [6.07, 6.45) is 4.56. The minimum absolute atomic E-state index is 0.151. The standard InChI is InChI=1S/C15H22N2O2/c1-10(2)19-15-5-4-13(8-16-15)18-9-12-6-11-7-14(11)17(12)3/h4-5,8,10-12,14H,6-7,9H2,1-3H3. The van der Waals surface area contributed by atoms with Gasteiger partial charge in [-0.05, 0) is 45.7 Å². The fraction of sp³-hybridized carbons (Fsp3) is 0.667. The van der Waals surface area contributed by atoms with Gasteiger partial charge in [-0.2, -0.15) is 0 Å². The van der Waals surface area contributed by atoms with E-state index in [0.717, 1.165) is 24.3 Å². The lowest BCUT2D eigenvalue weighted by molar-refractivity contribution is 0.175. The molecule has 1 aliphatic carbocycles. The molecule has 1 saturated heterocycles. The van der Waals surface area contributed by atoms with Crippen LogP contribution in [-0.2, 0) is 0 Å². The van der Waals surface area contributed by atoms with E-state index in [4.69, 9.17) is 9.47 Å². The molecule has 2 fully saturated rings. The van der Waals surface area contributed by atoms with Crippen LogP contribution in [0.1, 0.15) is 26.7 Å². The maximum atomic E-state index is 5.83. The lowest BCUT2D eigenvalue weighted by atomic mass is 10.2. The van der Waals surface area contributed by atoms with Crippen molar-refractivity contribution in [1.82, 2.24) is 9.88 Å². The van der Waals surface area contributed by atoms with E-state index in [1.54, 1.807) is 6.20 Å². The maximum absolute atomic E-state index is 5.83. The van der Waals surface area contributed by atoms with Gasteiger partial charge < -0.3 is 9.47 Å². The first-order valence-corrected chi connectivity index (χ1v) is 7.11. The molecule has 19 heavy (non-hydrogen) atoms. The highest BCUT2D eigenvalue weighted by Crippen LogP contribution is 2.46. The smallest absolute Gasteiger partial charge is 0.213 e. The summed E-state index contributed by atoms with van der Waals surface area (Å²) in [7, 11) is 2.21. The minimum Gasteiger partial charge on any atom is -0.490 e. The molecule has 1 aromatic rings. The molecule has 4 heteroatoms. The summed E-state index contributed by atoms with van der Waals surface area (Å²) in [6.45, 7) is 4.75. The lowest BCUT2D eigenvalue weighted by Gasteiger charge is -2.22. The number of pyridine rings is 1. The van der Waals surface area contributed by atoms with Crippen LogP contribution in [0.2, 0.25) is 0 Å². The van der Waals surface area contributed by atoms with Gasteiger partial charge in [0.1, 0.15) is 12.4 Å². The average Bonchev–Trinajstić information content (AvgIpc) is 3.08. The fourth-order valence-corrected chi connectivity index (χ4v) is 2.91. The highest BCUT2D eigenvalue weighted by atomic mass is 16.5. The molecule has 0 amide bonds.